The Kier molecular flexibility index (Phi) is 4.68. The normalized spacial score (nSPS) is 24.8. The van der Waals surface area contributed by atoms with Gasteiger partial charge in [-0.15, -0.1) is 0 Å². The average Bonchev–Trinajstić information content (AvgIpc) is 2.69. The SMILES string of the molecule is CCCN1C(=O)[C@H](c2ccccc2)O[C@@H]2c3cc(OC)ccc3CC[C@H]21. The van der Waals surface area contributed by atoms with Crippen molar-refractivity contribution < 1.29 is 14.3 Å². The van der Waals surface area contributed by atoms with Gasteiger partial charge in [-0.2, -0.15) is 0 Å². The maximum atomic E-state index is 13.2. The van der Waals surface area contributed by atoms with E-state index in [0.29, 0.717) is 0 Å². The Morgan fingerprint density at radius 3 is 2.73 bits per heavy atom. The summed E-state index contributed by atoms with van der Waals surface area (Å²) in [4.78, 5) is 15.2. The van der Waals surface area contributed by atoms with Crippen LogP contribution >= 0.6 is 0 Å². The van der Waals surface area contributed by atoms with Crippen LogP contribution in [-0.2, 0) is 16.0 Å². The van der Waals surface area contributed by atoms with E-state index in [9.17, 15) is 4.79 Å². The maximum absolute atomic E-state index is 13.2. The summed E-state index contributed by atoms with van der Waals surface area (Å²) in [6.45, 7) is 2.89. The summed E-state index contributed by atoms with van der Waals surface area (Å²) in [5, 5.41) is 0. The molecule has 4 rings (SSSR count). The van der Waals surface area contributed by atoms with E-state index in [1.165, 1.54) is 5.56 Å². The minimum absolute atomic E-state index is 0.0886. The van der Waals surface area contributed by atoms with Gasteiger partial charge in [0, 0.05) is 6.54 Å². The van der Waals surface area contributed by atoms with E-state index in [0.717, 1.165) is 42.7 Å². The number of morpholine rings is 1. The summed E-state index contributed by atoms with van der Waals surface area (Å²) in [7, 11) is 1.68. The van der Waals surface area contributed by atoms with Gasteiger partial charge in [-0.1, -0.05) is 43.3 Å². The Labute approximate surface area is 154 Å². The van der Waals surface area contributed by atoms with Crippen LogP contribution in [0.1, 0.15) is 48.7 Å². The van der Waals surface area contributed by atoms with Crippen molar-refractivity contribution in [2.24, 2.45) is 0 Å². The van der Waals surface area contributed by atoms with Gasteiger partial charge < -0.3 is 14.4 Å². The molecule has 4 nitrogen and oxygen atoms in total. The number of methoxy groups -OCH3 is 1. The number of hydrogen-bond donors (Lipinski definition) is 0. The first-order valence-electron chi connectivity index (χ1n) is 9.40. The molecule has 0 radical (unpaired) electrons. The largest absolute Gasteiger partial charge is 0.497 e. The predicted molar refractivity (Wildman–Crippen MR) is 100 cm³/mol. The molecule has 1 heterocycles. The number of aryl methyl sites for hydroxylation is 1. The summed E-state index contributed by atoms with van der Waals surface area (Å²) in [6, 6.07) is 16.1. The molecule has 0 unspecified atom stereocenters. The van der Waals surface area contributed by atoms with E-state index in [2.05, 4.69) is 19.1 Å². The fraction of sp³-hybridized carbons (Fsp3) is 0.409. The van der Waals surface area contributed by atoms with Crippen LogP contribution in [0.5, 0.6) is 5.75 Å². The fourth-order valence-electron chi connectivity index (χ4n) is 4.22. The highest BCUT2D eigenvalue weighted by Crippen LogP contribution is 2.44. The van der Waals surface area contributed by atoms with Gasteiger partial charge in [0.25, 0.3) is 5.91 Å². The molecule has 3 atom stereocenters. The quantitative estimate of drug-likeness (QED) is 0.834. The first-order chi connectivity index (χ1) is 12.7. The third-order valence-electron chi connectivity index (χ3n) is 5.48. The molecular weight excluding hydrogens is 326 g/mol. The third kappa shape index (κ3) is 2.88. The van der Waals surface area contributed by atoms with Gasteiger partial charge in [-0.3, -0.25) is 4.79 Å². The zero-order valence-electron chi connectivity index (χ0n) is 15.4. The minimum Gasteiger partial charge on any atom is -0.497 e. The number of fused-ring (bicyclic) bond motifs is 3. The van der Waals surface area contributed by atoms with Gasteiger partial charge in [0.2, 0.25) is 0 Å². The molecule has 2 aliphatic rings. The molecule has 26 heavy (non-hydrogen) atoms. The van der Waals surface area contributed by atoms with Crippen LogP contribution in [-0.4, -0.2) is 30.5 Å². The Bertz CT molecular complexity index is 789. The van der Waals surface area contributed by atoms with Gasteiger partial charge in [0.15, 0.2) is 6.10 Å². The summed E-state index contributed by atoms with van der Waals surface area (Å²) < 4.78 is 11.9. The molecule has 2 aromatic rings. The molecule has 0 bridgehead atoms. The molecule has 1 saturated heterocycles. The van der Waals surface area contributed by atoms with Crippen molar-refractivity contribution in [3.8, 4) is 5.75 Å². The summed E-state index contributed by atoms with van der Waals surface area (Å²) in [5.74, 6) is 0.925. The zero-order chi connectivity index (χ0) is 18.1. The van der Waals surface area contributed by atoms with Crippen molar-refractivity contribution in [1.29, 1.82) is 0 Å². The van der Waals surface area contributed by atoms with Crippen LogP contribution in [0.3, 0.4) is 0 Å². The third-order valence-corrected chi connectivity index (χ3v) is 5.48. The molecule has 0 N–H and O–H groups in total. The summed E-state index contributed by atoms with van der Waals surface area (Å²) in [5.41, 5.74) is 3.38. The lowest BCUT2D eigenvalue weighted by atomic mass is 9.83. The first kappa shape index (κ1) is 17.1. The minimum atomic E-state index is -0.541. The lowest BCUT2D eigenvalue weighted by Gasteiger charge is -2.47. The number of nitrogens with zero attached hydrogens (tertiary/aromatic N) is 1. The molecule has 1 aliphatic carbocycles. The lowest BCUT2D eigenvalue weighted by Crippen LogP contribution is -2.53. The number of amides is 1. The average molecular weight is 351 g/mol. The van der Waals surface area contributed by atoms with Crippen molar-refractivity contribution in [2.45, 2.75) is 44.4 Å². The Hall–Kier alpha value is -2.33. The van der Waals surface area contributed by atoms with Crippen molar-refractivity contribution in [3.05, 3.63) is 65.2 Å². The topological polar surface area (TPSA) is 38.8 Å². The van der Waals surface area contributed by atoms with E-state index in [1.807, 2.05) is 41.3 Å². The van der Waals surface area contributed by atoms with Crippen LogP contribution in [0.25, 0.3) is 0 Å². The molecular formula is C22H25NO3. The predicted octanol–water partition coefficient (Wildman–Crippen LogP) is 4.06. The smallest absolute Gasteiger partial charge is 0.256 e. The van der Waals surface area contributed by atoms with Crippen LogP contribution < -0.4 is 4.74 Å². The van der Waals surface area contributed by atoms with Crippen molar-refractivity contribution >= 4 is 5.91 Å². The van der Waals surface area contributed by atoms with Crippen molar-refractivity contribution in [3.63, 3.8) is 0 Å². The first-order valence-corrected chi connectivity index (χ1v) is 9.40. The molecule has 136 valence electrons. The highest BCUT2D eigenvalue weighted by atomic mass is 16.5. The molecule has 0 aromatic heterocycles. The number of benzene rings is 2. The van der Waals surface area contributed by atoms with Gasteiger partial charge in [-0.05, 0) is 48.1 Å². The van der Waals surface area contributed by atoms with Gasteiger partial charge in [-0.25, -0.2) is 0 Å². The maximum Gasteiger partial charge on any atom is 0.256 e. The second-order valence-corrected chi connectivity index (χ2v) is 7.05. The van der Waals surface area contributed by atoms with E-state index in [1.54, 1.807) is 7.11 Å². The number of hydrogen-bond acceptors (Lipinski definition) is 3. The standard InChI is InChI=1S/C22H25NO3/c1-3-13-23-19-12-10-15-9-11-17(25-2)14-18(15)21(19)26-20(22(23)24)16-7-5-4-6-8-16/h4-9,11,14,19-21H,3,10,12-13H2,1-2H3/t19-,20+,21-/m1/s1. The second-order valence-electron chi connectivity index (χ2n) is 7.05. The molecule has 1 aliphatic heterocycles. The van der Waals surface area contributed by atoms with Crippen LogP contribution in [0.15, 0.2) is 48.5 Å². The molecule has 1 fully saturated rings. The van der Waals surface area contributed by atoms with Crippen molar-refractivity contribution in [1.82, 2.24) is 4.90 Å². The van der Waals surface area contributed by atoms with E-state index in [-0.39, 0.29) is 18.1 Å². The summed E-state index contributed by atoms with van der Waals surface area (Å²) in [6.07, 6.45) is 2.20. The highest BCUT2D eigenvalue weighted by molar-refractivity contribution is 5.83. The number of carbonyl (C=O) groups is 1. The van der Waals surface area contributed by atoms with Gasteiger partial charge >= 0.3 is 0 Å². The lowest BCUT2D eigenvalue weighted by molar-refractivity contribution is -0.176. The van der Waals surface area contributed by atoms with E-state index < -0.39 is 6.10 Å². The number of carbonyl (C=O) groups excluding carboxylic acids is 1. The van der Waals surface area contributed by atoms with E-state index >= 15 is 0 Å². The number of rotatable bonds is 4. The zero-order valence-corrected chi connectivity index (χ0v) is 15.4. The molecule has 0 spiro atoms. The second kappa shape index (κ2) is 7.12. The van der Waals surface area contributed by atoms with E-state index in [4.69, 9.17) is 9.47 Å². The van der Waals surface area contributed by atoms with Gasteiger partial charge in [0.1, 0.15) is 11.9 Å². The van der Waals surface area contributed by atoms with Crippen molar-refractivity contribution in [2.75, 3.05) is 13.7 Å². The number of ether oxygens (including phenoxy) is 2. The fourth-order valence-corrected chi connectivity index (χ4v) is 4.22. The molecule has 1 amide bonds. The molecule has 4 heteroatoms. The Morgan fingerprint density at radius 2 is 2.00 bits per heavy atom. The highest BCUT2D eigenvalue weighted by Gasteiger charge is 2.45. The summed E-state index contributed by atoms with van der Waals surface area (Å²) >= 11 is 0. The monoisotopic (exact) mass is 351 g/mol. The Morgan fingerprint density at radius 1 is 1.19 bits per heavy atom. The Balaban J connectivity index is 1.76. The van der Waals surface area contributed by atoms with Crippen LogP contribution in [0.4, 0.5) is 0 Å². The van der Waals surface area contributed by atoms with Crippen LogP contribution in [0.2, 0.25) is 0 Å². The van der Waals surface area contributed by atoms with Gasteiger partial charge in [0.05, 0.1) is 13.2 Å². The van der Waals surface area contributed by atoms with Crippen LogP contribution in [0, 0.1) is 0 Å². The molecule has 0 saturated carbocycles. The molecule has 2 aromatic carbocycles.